The van der Waals surface area contributed by atoms with Crippen molar-refractivity contribution in [3.8, 4) is 5.75 Å². The highest BCUT2D eigenvalue weighted by atomic mass is 32.2. The van der Waals surface area contributed by atoms with Crippen LogP contribution in [0.2, 0.25) is 0 Å². The molecule has 20 heavy (non-hydrogen) atoms. The lowest BCUT2D eigenvalue weighted by Gasteiger charge is -2.30. The van der Waals surface area contributed by atoms with Gasteiger partial charge in [-0.15, -0.1) is 0 Å². The van der Waals surface area contributed by atoms with Gasteiger partial charge in [0.05, 0.1) is 12.0 Å². The minimum absolute atomic E-state index is 0.407. The highest BCUT2D eigenvalue weighted by Gasteiger charge is 2.30. The summed E-state index contributed by atoms with van der Waals surface area (Å²) in [6, 6.07) is 3.40. The summed E-state index contributed by atoms with van der Waals surface area (Å²) in [5, 5.41) is 0. The maximum atomic E-state index is 12.8. The summed E-state index contributed by atoms with van der Waals surface area (Å²) in [6.45, 7) is 7.09. The van der Waals surface area contributed by atoms with E-state index in [1.165, 1.54) is 0 Å². The quantitative estimate of drug-likeness (QED) is 0.862. The molecule has 1 aromatic rings. The second-order valence-corrected chi connectivity index (χ2v) is 7.53. The van der Waals surface area contributed by atoms with Crippen LogP contribution >= 0.6 is 0 Å². The van der Waals surface area contributed by atoms with Gasteiger partial charge in [-0.05, 0) is 55.9 Å². The molecule has 1 aliphatic rings. The number of ether oxygens (including phenoxy) is 1. The first-order valence-corrected chi connectivity index (χ1v) is 8.46. The van der Waals surface area contributed by atoms with Crippen molar-refractivity contribution in [2.45, 2.75) is 38.5 Å². The molecule has 0 bridgehead atoms. The standard InChI is InChI=1S/C15H23NO3S/c1-11-6-5-9-16(10-11)20(17,18)15-8-7-14(19-4)12(2)13(15)3/h7-8,11H,5-6,9-10H2,1-4H3/t11-/m1/s1. The van der Waals surface area contributed by atoms with Crippen LogP contribution < -0.4 is 4.74 Å². The fraction of sp³-hybridized carbons (Fsp3) is 0.600. The normalized spacial score (nSPS) is 20.9. The summed E-state index contributed by atoms with van der Waals surface area (Å²) in [5.41, 5.74) is 1.67. The zero-order chi connectivity index (χ0) is 14.9. The number of methoxy groups -OCH3 is 1. The van der Waals surface area contributed by atoms with E-state index in [1.807, 2.05) is 13.8 Å². The van der Waals surface area contributed by atoms with Gasteiger partial charge in [-0.1, -0.05) is 6.92 Å². The average Bonchev–Trinajstić information content (AvgIpc) is 2.41. The Hall–Kier alpha value is -1.07. The van der Waals surface area contributed by atoms with Crippen LogP contribution in [0.4, 0.5) is 0 Å². The third-order valence-corrected chi connectivity index (χ3v) is 6.15. The Bertz CT molecular complexity index is 595. The van der Waals surface area contributed by atoms with Crippen LogP contribution in [0.5, 0.6) is 5.75 Å². The van der Waals surface area contributed by atoms with E-state index in [9.17, 15) is 8.42 Å². The molecule has 1 saturated heterocycles. The Labute approximate surface area is 121 Å². The fourth-order valence-corrected chi connectivity index (χ4v) is 4.65. The molecule has 0 amide bonds. The Kier molecular flexibility index (Phi) is 4.39. The molecule has 0 spiro atoms. The zero-order valence-electron chi connectivity index (χ0n) is 12.6. The van der Waals surface area contributed by atoms with Gasteiger partial charge in [0.1, 0.15) is 5.75 Å². The van der Waals surface area contributed by atoms with E-state index in [0.717, 1.165) is 29.7 Å². The van der Waals surface area contributed by atoms with Crippen LogP contribution in [0, 0.1) is 19.8 Å². The number of sulfonamides is 1. The molecule has 4 nitrogen and oxygen atoms in total. The van der Waals surface area contributed by atoms with E-state index in [-0.39, 0.29) is 0 Å². The molecule has 0 unspecified atom stereocenters. The van der Waals surface area contributed by atoms with Gasteiger partial charge in [0.15, 0.2) is 0 Å². The molecule has 1 fully saturated rings. The zero-order valence-corrected chi connectivity index (χ0v) is 13.5. The van der Waals surface area contributed by atoms with Crippen molar-refractivity contribution in [2.75, 3.05) is 20.2 Å². The minimum atomic E-state index is -3.40. The maximum Gasteiger partial charge on any atom is 0.243 e. The number of hydrogen-bond acceptors (Lipinski definition) is 3. The molecule has 0 aromatic heterocycles. The van der Waals surface area contributed by atoms with Crippen LogP contribution in [0.3, 0.4) is 0 Å². The average molecular weight is 297 g/mol. The van der Waals surface area contributed by atoms with Gasteiger partial charge in [-0.25, -0.2) is 8.42 Å². The minimum Gasteiger partial charge on any atom is -0.496 e. The predicted molar refractivity (Wildman–Crippen MR) is 79.6 cm³/mol. The van der Waals surface area contributed by atoms with E-state index in [4.69, 9.17) is 4.74 Å². The van der Waals surface area contributed by atoms with Crippen molar-refractivity contribution < 1.29 is 13.2 Å². The van der Waals surface area contributed by atoms with Crippen LogP contribution in [0.25, 0.3) is 0 Å². The molecule has 112 valence electrons. The summed E-state index contributed by atoms with van der Waals surface area (Å²) >= 11 is 0. The monoisotopic (exact) mass is 297 g/mol. The summed E-state index contributed by atoms with van der Waals surface area (Å²) in [7, 11) is -1.80. The first-order valence-electron chi connectivity index (χ1n) is 7.02. The van der Waals surface area contributed by atoms with Crippen LogP contribution in [0.15, 0.2) is 17.0 Å². The number of hydrogen-bond donors (Lipinski definition) is 0. The SMILES string of the molecule is COc1ccc(S(=O)(=O)N2CCC[C@@H](C)C2)c(C)c1C. The first kappa shape index (κ1) is 15.3. The number of nitrogens with zero attached hydrogens (tertiary/aromatic N) is 1. The van der Waals surface area contributed by atoms with Crippen molar-refractivity contribution in [3.05, 3.63) is 23.3 Å². The Morgan fingerprint density at radius 3 is 2.55 bits per heavy atom. The smallest absolute Gasteiger partial charge is 0.243 e. The van der Waals surface area contributed by atoms with Crippen molar-refractivity contribution in [3.63, 3.8) is 0 Å². The van der Waals surface area contributed by atoms with E-state index in [1.54, 1.807) is 23.5 Å². The van der Waals surface area contributed by atoms with Crippen molar-refractivity contribution >= 4 is 10.0 Å². The Balaban J connectivity index is 2.42. The van der Waals surface area contributed by atoms with Crippen molar-refractivity contribution in [1.82, 2.24) is 4.31 Å². The van der Waals surface area contributed by atoms with Gasteiger partial charge in [0.25, 0.3) is 0 Å². The summed E-state index contributed by atoms with van der Waals surface area (Å²) in [5.74, 6) is 1.16. The lowest BCUT2D eigenvalue weighted by molar-refractivity contribution is 0.281. The fourth-order valence-electron chi connectivity index (χ4n) is 2.78. The number of piperidine rings is 1. The third-order valence-electron chi connectivity index (χ3n) is 4.15. The molecule has 1 atom stereocenters. The molecular formula is C15H23NO3S. The second-order valence-electron chi connectivity index (χ2n) is 5.63. The third kappa shape index (κ3) is 2.69. The number of benzene rings is 1. The highest BCUT2D eigenvalue weighted by Crippen LogP contribution is 2.30. The van der Waals surface area contributed by atoms with E-state index < -0.39 is 10.0 Å². The second kappa shape index (κ2) is 5.74. The van der Waals surface area contributed by atoms with Gasteiger partial charge >= 0.3 is 0 Å². The van der Waals surface area contributed by atoms with Gasteiger partial charge in [0, 0.05) is 13.1 Å². The molecule has 1 aromatic carbocycles. The van der Waals surface area contributed by atoms with E-state index in [2.05, 4.69) is 6.92 Å². The molecule has 0 N–H and O–H groups in total. The van der Waals surface area contributed by atoms with E-state index >= 15 is 0 Å². The first-order chi connectivity index (χ1) is 9.37. The molecule has 1 aliphatic heterocycles. The Morgan fingerprint density at radius 2 is 1.95 bits per heavy atom. The molecule has 2 rings (SSSR count). The Morgan fingerprint density at radius 1 is 1.25 bits per heavy atom. The molecular weight excluding hydrogens is 274 g/mol. The predicted octanol–water partition coefficient (Wildman–Crippen LogP) is 2.73. The maximum absolute atomic E-state index is 12.8. The van der Waals surface area contributed by atoms with Crippen molar-refractivity contribution in [1.29, 1.82) is 0 Å². The lowest BCUT2D eigenvalue weighted by Crippen LogP contribution is -2.39. The number of rotatable bonds is 3. The van der Waals surface area contributed by atoms with Gasteiger partial charge in [0.2, 0.25) is 10.0 Å². The van der Waals surface area contributed by atoms with Gasteiger partial charge in [-0.2, -0.15) is 4.31 Å². The summed E-state index contributed by atoms with van der Waals surface area (Å²) in [6.07, 6.45) is 2.04. The van der Waals surface area contributed by atoms with Crippen LogP contribution in [0.1, 0.15) is 30.9 Å². The van der Waals surface area contributed by atoms with Gasteiger partial charge in [-0.3, -0.25) is 0 Å². The molecule has 1 heterocycles. The molecule has 0 radical (unpaired) electrons. The molecule has 0 aliphatic carbocycles. The van der Waals surface area contributed by atoms with Gasteiger partial charge < -0.3 is 4.74 Å². The topological polar surface area (TPSA) is 46.6 Å². The summed E-state index contributed by atoms with van der Waals surface area (Å²) < 4.78 is 32.4. The van der Waals surface area contributed by atoms with E-state index in [0.29, 0.717) is 23.9 Å². The van der Waals surface area contributed by atoms with Crippen LogP contribution in [-0.4, -0.2) is 32.9 Å². The van der Waals surface area contributed by atoms with Crippen LogP contribution in [-0.2, 0) is 10.0 Å². The highest BCUT2D eigenvalue weighted by molar-refractivity contribution is 7.89. The molecule has 5 heteroatoms. The molecule has 0 saturated carbocycles. The largest absolute Gasteiger partial charge is 0.496 e. The van der Waals surface area contributed by atoms with Crippen molar-refractivity contribution in [2.24, 2.45) is 5.92 Å². The lowest BCUT2D eigenvalue weighted by atomic mass is 10.0. The summed E-state index contributed by atoms with van der Waals surface area (Å²) in [4.78, 5) is 0.407.